The highest BCUT2D eigenvalue weighted by Gasteiger charge is 1.97. The number of aliphatic hydroxyl groups excluding tert-OH is 1. The van der Waals surface area contributed by atoms with E-state index in [0.29, 0.717) is 12.4 Å². The third-order valence-corrected chi connectivity index (χ3v) is 2.41. The van der Waals surface area contributed by atoms with Crippen molar-refractivity contribution < 1.29 is 9.84 Å². The average Bonchev–Trinajstić information content (AvgIpc) is 2.47. The summed E-state index contributed by atoms with van der Waals surface area (Å²) in [6, 6.07) is 5.72. The second-order valence-corrected chi connectivity index (χ2v) is 3.83. The first-order valence-corrected chi connectivity index (χ1v) is 5.95. The maximum Gasteiger partial charge on any atom is 0.138 e. The summed E-state index contributed by atoms with van der Waals surface area (Å²) < 4.78 is 5.61. The van der Waals surface area contributed by atoms with E-state index in [9.17, 15) is 0 Å². The van der Waals surface area contributed by atoms with Gasteiger partial charge in [-0.3, -0.25) is 9.97 Å². The molecule has 0 aliphatic carbocycles. The Morgan fingerprint density at radius 1 is 1.21 bits per heavy atom. The topological polar surface area (TPSA) is 55.2 Å². The van der Waals surface area contributed by atoms with Gasteiger partial charge in [0.05, 0.1) is 12.8 Å². The molecule has 2 aromatic rings. The van der Waals surface area contributed by atoms with Crippen molar-refractivity contribution in [3.05, 3.63) is 54.1 Å². The zero-order chi connectivity index (χ0) is 13.3. The van der Waals surface area contributed by atoms with Crippen molar-refractivity contribution in [3.8, 4) is 17.6 Å². The van der Waals surface area contributed by atoms with Crippen molar-refractivity contribution in [2.45, 2.75) is 6.42 Å². The first-order valence-electron chi connectivity index (χ1n) is 5.95. The second-order valence-electron chi connectivity index (χ2n) is 3.83. The molecular weight excluding hydrogens is 240 g/mol. The van der Waals surface area contributed by atoms with Crippen molar-refractivity contribution in [1.29, 1.82) is 0 Å². The van der Waals surface area contributed by atoms with E-state index in [0.717, 1.165) is 17.5 Å². The SMILES string of the molecule is OCC#Cc1cncc(OCCc2cccnc2)c1. The number of aromatic nitrogens is 2. The number of aliphatic hydroxyl groups is 1. The molecule has 0 atom stereocenters. The van der Waals surface area contributed by atoms with E-state index in [4.69, 9.17) is 9.84 Å². The quantitative estimate of drug-likeness (QED) is 0.839. The highest BCUT2D eigenvalue weighted by atomic mass is 16.5. The van der Waals surface area contributed by atoms with Crippen molar-refractivity contribution >= 4 is 0 Å². The van der Waals surface area contributed by atoms with Crippen LogP contribution in [-0.4, -0.2) is 28.3 Å². The van der Waals surface area contributed by atoms with Gasteiger partial charge >= 0.3 is 0 Å². The molecule has 0 saturated carbocycles. The lowest BCUT2D eigenvalue weighted by atomic mass is 10.2. The molecule has 1 N–H and O–H groups in total. The molecule has 0 amide bonds. The number of hydrogen-bond acceptors (Lipinski definition) is 4. The zero-order valence-corrected chi connectivity index (χ0v) is 10.4. The van der Waals surface area contributed by atoms with Crippen LogP contribution in [0.15, 0.2) is 43.0 Å². The van der Waals surface area contributed by atoms with Crippen molar-refractivity contribution in [3.63, 3.8) is 0 Å². The van der Waals surface area contributed by atoms with Gasteiger partial charge in [0, 0.05) is 30.6 Å². The average molecular weight is 254 g/mol. The summed E-state index contributed by atoms with van der Waals surface area (Å²) in [5.74, 6) is 6.04. The van der Waals surface area contributed by atoms with Gasteiger partial charge < -0.3 is 9.84 Å². The minimum atomic E-state index is -0.161. The third-order valence-electron chi connectivity index (χ3n) is 2.41. The molecule has 0 radical (unpaired) electrons. The fraction of sp³-hybridized carbons (Fsp3) is 0.200. The van der Waals surface area contributed by atoms with E-state index in [-0.39, 0.29) is 6.61 Å². The van der Waals surface area contributed by atoms with E-state index >= 15 is 0 Å². The van der Waals surface area contributed by atoms with Crippen LogP contribution in [0.1, 0.15) is 11.1 Å². The standard InChI is InChI=1S/C15H14N2O2/c18-7-2-4-14-9-15(12-17-11-14)19-8-5-13-3-1-6-16-10-13/h1,3,6,9-12,18H,5,7-8H2. The highest BCUT2D eigenvalue weighted by Crippen LogP contribution is 2.11. The molecule has 0 aliphatic rings. The Labute approximate surface area is 112 Å². The predicted molar refractivity (Wildman–Crippen MR) is 71.6 cm³/mol. The van der Waals surface area contributed by atoms with Gasteiger partial charge in [-0.15, -0.1) is 0 Å². The first-order chi connectivity index (χ1) is 9.38. The molecule has 2 heterocycles. The minimum Gasteiger partial charge on any atom is -0.492 e. The van der Waals surface area contributed by atoms with Crippen molar-refractivity contribution in [2.75, 3.05) is 13.2 Å². The third kappa shape index (κ3) is 4.41. The van der Waals surface area contributed by atoms with Crippen LogP contribution in [0.3, 0.4) is 0 Å². The molecule has 19 heavy (non-hydrogen) atoms. The fourth-order valence-corrected chi connectivity index (χ4v) is 1.54. The van der Waals surface area contributed by atoms with Crippen LogP contribution in [0, 0.1) is 11.8 Å². The Morgan fingerprint density at radius 3 is 2.95 bits per heavy atom. The Hall–Kier alpha value is -2.38. The predicted octanol–water partition coefficient (Wildman–Crippen LogP) is 1.44. The number of pyridine rings is 2. The molecular formula is C15H14N2O2. The molecule has 4 heteroatoms. The summed E-state index contributed by atoms with van der Waals surface area (Å²) in [6.07, 6.45) is 7.65. The summed E-state index contributed by atoms with van der Waals surface area (Å²) in [5.41, 5.74) is 1.86. The molecule has 0 saturated heterocycles. The van der Waals surface area contributed by atoms with Gasteiger partial charge in [0.15, 0.2) is 0 Å². The van der Waals surface area contributed by atoms with Crippen LogP contribution >= 0.6 is 0 Å². The summed E-state index contributed by atoms with van der Waals surface area (Å²) >= 11 is 0. The van der Waals surface area contributed by atoms with Crippen LogP contribution in [0.4, 0.5) is 0 Å². The van der Waals surface area contributed by atoms with Gasteiger partial charge in [-0.25, -0.2) is 0 Å². The molecule has 0 aliphatic heterocycles. The largest absolute Gasteiger partial charge is 0.492 e. The number of rotatable bonds is 4. The Kier molecular flexibility index (Phi) is 4.91. The molecule has 2 aromatic heterocycles. The zero-order valence-electron chi connectivity index (χ0n) is 10.4. The van der Waals surface area contributed by atoms with E-state index in [1.165, 1.54) is 0 Å². The van der Waals surface area contributed by atoms with E-state index in [1.807, 2.05) is 18.3 Å². The lowest BCUT2D eigenvalue weighted by Crippen LogP contribution is -2.02. The molecule has 0 bridgehead atoms. The van der Waals surface area contributed by atoms with Gasteiger partial charge in [0.2, 0.25) is 0 Å². The normalized spacial score (nSPS) is 9.53. The summed E-state index contributed by atoms with van der Waals surface area (Å²) in [7, 11) is 0. The highest BCUT2D eigenvalue weighted by molar-refractivity contribution is 5.36. The summed E-state index contributed by atoms with van der Waals surface area (Å²) in [4.78, 5) is 8.09. The van der Waals surface area contributed by atoms with Crippen molar-refractivity contribution in [1.82, 2.24) is 9.97 Å². The van der Waals surface area contributed by atoms with Crippen LogP contribution in [0.5, 0.6) is 5.75 Å². The Morgan fingerprint density at radius 2 is 2.16 bits per heavy atom. The number of nitrogens with zero attached hydrogens (tertiary/aromatic N) is 2. The van der Waals surface area contributed by atoms with Gasteiger partial charge in [-0.05, 0) is 17.7 Å². The molecule has 0 fully saturated rings. The Balaban J connectivity index is 1.89. The minimum absolute atomic E-state index is 0.161. The maximum absolute atomic E-state index is 8.63. The molecule has 0 unspecified atom stereocenters. The van der Waals surface area contributed by atoms with Gasteiger partial charge in [-0.2, -0.15) is 0 Å². The lowest BCUT2D eigenvalue weighted by molar-refractivity contribution is 0.320. The molecule has 0 spiro atoms. The fourth-order valence-electron chi connectivity index (χ4n) is 1.54. The van der Waals surface area contributed by atoms with Crippen LogP contribution in [0.2, 0.25) is 0 Å². The second kappa shape index (κ2) is 7.14. The van der Waals surface area contributed by atoms with E-state index in [2.05, 4.69) is 21.8 Å². The van der Waals surface area contributed by atoms with E-state index in [1.54, 1.807) is 24.7 Å². The summed E-state index contributed by atoms with van der Waals surface area (Å²) in [6.45, 7) is 0.399. The van der Waals surface area contributed by atoms with Crippen LogP contribution < -0.4 is 4.74 Å². The van der Waals surface area contributed by atoms with Gasteiger partial charge in [0.25, 0.3) is 0 Å². The number of ether oxygens (including phenoxy) is 1. The maximum atomic E-state index is 8.63. The monoisotopic (exact) mass is 254 g/mol. The molecule has 4 nitrogen and oxygen atoms in total. The molecule has 0 aromatic carbocycles. The van der Waals surface area contributed by atoms with E-state index < -0.39 is 0 Å². The first kappa shape index (κ1) is 13.1. The molecule has 2 rings (SSSR count). The van der Waals surface area contributed by atoms with Gasteiger partial charge in [-0.1, -0.05) is 17.9 Å². The van der Waals surface area contributed by atoms with Crippen molar-refractivity contribution in [2.24, 2.45) is 0 Å². The van der Waals surface area contributed by atoms with Crippen LogP contribution in [-0.2, 0) is 6.42 Å². The molecule has 96 valence electrons. The van der Waals surface area contributed by atoms with Crippen LogP contribution in [0.25, 0.3) is 0 Å². The number of hydrogen-bond donors (Lipinski definition) is 1. The summed E-state index contributed by atoms with van der Waals surface area (Å²) in [5, 5.41) is 8.63. The van der Waals surface area contributed by atoms with Gasteiger partial charge in [0.1, 0.15) is 12.4 Å². The Bertz CT molecular complexity index is 573. The lowest BCUT2D eigenvalue weighted by Gasteiger charge is -2.05. The smallest absolute Gasteiger partial charge is 0.138 e.